The first-order valence-corrected chi connectivity index (χ1v) is 8.26. The number of esters is 1. The van der Waals surface area contributed by atoms with Gasteiger partial charge in [0.2, 0.25) is 5.91 Å². The van der Waals surface area contributed by atoms with Crippen molar-refractivity contribution in [2.75, 3.05) is 39.8 Å². The minimum absolute atomic E-state index is 0.157. The summed E-state index contributed by atoms with van der Waals surface area (Å²) in [5.74, 6) is -0.429. The highest BCUT2D eigenvalue weighted by molar-refractivity contribution is 5.86. The normalized spacial score (nSPS) is 27.4. The van der Waals surface area contributed by atoms with Gasteiger partial charge in [0, 0.05) is 19.6 Å². The predicted molar refractivity (Wildman–Crippen MR) is 80.8 cm³/mol. The molecule has 1 aliphatic carbocycles. The molecule has 2 rings (SSSR count). The molecule has 0 spiro atoms. The van der Waals surface area contributed by atoms with Gasteiger partial charge in [-0.3, -0.25) is 9.59 Å². The SMILES string of the molecule is CCCN1CCCN(C(=O)[C@H]2CCC[C@H]2C(=O)OC)CC1. The lowest BCUT2D eigenvalue weighted by Gasteiger charge is -2.26. The van der Waals surface area contributed by atoms with Gasteiger partial charge in [0.1, 0.15) is 0 Å². The molecule has 120 valence electrons. The molecule has 2 fully saturated rings. The van der Waals surface area contributed by atoms with Crippen molar-refractivity contribution in [1.29, 1.82) is 0 Å². The Labute approximate surface area is 127 Å². The maximum atomic E-state index is 12.7. The lowest BCUT2D eigenvalue weighted by atomic mass is 9.94. The smallest absolute Gasteiger partial charge is 0.309 e. The van der Waals surface area contributed by atoms with Crippen molar-refractivity contribution >= 4 is 11.9 Å². The third-order valence-corrected chi connectivity index (χ3v) is 4.78. The second-order valence-corrected chi connectivity index (χ2v) is 6.19. The molecule has 2 aliphatic rings. The largest absolute Gasteiger partial charge is 0.469 e. The molecule has 1 heterocycles. The van der Waals surface area contributed by atoms with E-state index in [1.54, 1.807) is 0 Å². The summed E-state index contributed by atoms with van der Waals surface area (Å²) in [6, 6.07) is 0. The molecular weight excluding hydrogens is 268 g/mol. The third kappa shape index (κ3) is 3.96. The molecule has 1 aliphatic heterocycles. The molecule has 5 heteroatoms. The standard InChI is InChI=1S/C16H28N2O3/c1-3-8-17-9-5-10-18(12-11-17)15(19)13-6-4-7-14(13)16(20)21-2/h13-14H,3-12H2,1-2H3/t13-,14+/m0/s1. The molecule has 0 bridgehead atoms. The number of hydrogen-bond acceptors (Lipinski definition) is 4. The van der Waals surface area contributed by atoms with Gasteiger partial charge in [0.25, 0.3) is 0 Å². The van der Waals surface area contributed by atoms with E-state index in [1.165, 1.54) is 7.11 Å². The van der Waals surface area contributed by atoms with E-state index in [1.807, 2.05) is 4.90 Å². The monoisotopic (exact) mass is 296 g/mol. The second kappa shape index (κ2) is 7.78. The average molecular weight is 296 g/mol. The van der Waals surface area contributed by atoms with Crippen LogP contribution in [-0.4, -0.2) is 61.5 Å². The lowest BCUT2D eigenvalue weighted by Crippen LogP contribution is -2.41. The minimum atomic E-state index is -0.225. The number of carbonyl (C=O) groups is 2. The second-order valence-electron chi connectivity index (χ2n) is 6.19. The zero-order valence-corrected chi connectivity index (χ0v) is 13.3. The highest BCUT2D eigenvalue weighted by atomic mass is 16.5. The van der Waals surface area contributed by atoms with Crippen molar-refractivity contribution in [2.24, 2.45) is 11.8 Å². The van der Waals surface area contributed by atoms with E-state index in [2.05, 4.69) is 11.8 Å². The first-order valence-electron chi connectivity index (χ1n) is 8.26. The van der Waals surface area contributed by atoms with Crippen LogP contribution in [0.1, 0.15) is 39.0 Å². The van der Waals surface area contributed by atoms with E-state index in [9.17, 15) is 9.59 Å². The average Bonchev–Trinajstić information content (AvgIpc) is 2.87. The topological polar surface area (TPSA) is 49.9 Å². The van der Waals surface area contributed by atoms with Crippen molar-refractivity contribution in [1.82, 2.24) is 9.80 Å². The van der Waals surface area contributed by atoms with Crippen molar-refractivity contribution in [3.8, 4) is 0 Å². The van der Waals surface area contributed by atoms with Gasteiger partial charge in [-0.05, 0) is 38.8 Å². The maximum absolute atomic E-state index is 12.7. The van der Waals surface area contributed by atoms with E-state index < -0.39 is 0 Å². The van der Waals surface area contributed by atoms with Gasteiger partial charge in [-0.1, -0.05) is 13.3 Å². The number of amides is 1. The van der Waals surface area contributed by atoms with Crippen LogP contribution in [0.15, 0.2) is 0 Å². The zero-order chi connectivity index (χ0) is 15.2. The Morgan fingerprint density at radius 2 is 1.81 bits per heavy atom. The van der Waals surface area contributed by atoms with Gasteiger partial charge in [0.15, 0.2) is 0 Å². The van der Waals surface area contributed by atoms with Crippen LogP contribution in [0.25, 0.3) is 0 Å². The number of rotatable bonds is 4. The van der Waals surface area contributed by atoms with Crippen LogP contribution in [-0.2, 0) is 14.3 Å². The molecule has 5 nitrogen and oxygen atoms in total. The quantitative estimate of drug-likeness (QED) is 0.738. The van der Waals surface area contributed by atoms with Crippen LogP contribution in [0.2, 0.25) is 0 Å². The number of methoxy groups -OCH3 is 1. The molecule has 0 radical (unpaired) electrons. The highest BCUT2D eigenvalue weighted by Gasteiger charge is 2.40. The van der Waals surface area contributed by atoms with Crippen molar-refractivity contribution in [3.05, 3.63) is 0 Å². The van der Waals surface area contributed by atoms with Crippen LogP contribution in [0.3, 0.4) is 0 Å². The molecule has 1 amide bonds. The maximum Gasteiger partial charge on any atom is 0.309 e. The van der Waals surface area contributed by atoms with Crippen LogP contribution in [0.5, 0.6) is 0 Å². The summed E-state index contributed by atoms with van der Waals surface area (Å²) < 4.78 is 4.86. The molecular formula is C16H28N2O3. The molecule has 0 N–H and O–H groups in total. The Bertz CT molecular complexity index is 373. The predicted octanol–water partition coefficient (Wildman–Crippen LogP) is 1.52. The van der Waals surface area contributed by atoms with Gasteiger partial charge in [-0.2, -0.15) is 0 Å². The number of nitrogens with zero attached hydrogens (tertiary/aromatic N) is 2. The van der Waals surface area contributed by atoms with Crippen molar-refractivity contribution < 1.29 is 14.3 Å². The molecule has 1 saturated carbocycles. The van der Waals surface area contributed by atoms with Gasteiger partial charge >= 0.3 is 5.97 Å². The summed E-state index contributed by atoms with van der Waals surface area (Å²) in [6.07, 6.45) is 4.75. The Kier molecular flexibility index (Phi) is 6.03. The van der Waals surface area contributed by atoms with Crippen LogP contribution < -0.4 is 0 Å². The number of ether oxygens (including phenoxy) is 1. The van der Waals surface area contributed by atoms with Crippen LogP contribution in [0.4, 0.5) is 0 Å². The first kappa shape index (κ1) is 16.3. The lowest BCUT2D eigenvalue weighted by molar-refractivity contribution is -0.151. The van der Waals surface area contributed by atoms with E-state index >= 15 is 0 Å². The molecule has 0 aromatic rings. The van der Waals surface area contributed by atoms with Gasteiger partial charge < -0.3 is 14.5 Å². The van der Waals surface area contributed by atoms with Crippen molar-refractivity contribution in [3.63, 3.8) is 0 Å². The van der Waals surface area contributed by atoms with Crippen LogP contribution >= 0.6 is 0 Å². The Balaban J connectivity index is 1.94. The first-order chi connectivity index (χ1) is 10.2. The molecule has 0 aromatic carbocycles. The Hall–Kier alpha value is -1.10. The van der Waals surface area contributed by atoms with Crippen LogP contribution in [0, 0.1) is 11.8 Å². The summed E-state index contributed by atoms with van der Waals surface area (Å²) in [4.78, 5) is 29.0. The molecule has 2 atom stereocenters. The fraction of sp³-hybridized carbons (Fsp3) is 0.875. The molecule has 21 heavy (non-hydrogen) atoms. The summed E-state index contributed by atoms with van der Waals surface area (Å²) in [7, 11) is 1.41. The fourth-order valence-corrected chi connectivity index (χ4v) is 3.65. The molecule has 1 saturated heterocycles. The van der Waals surface area contributed by atoms with E-state index in [-0.39, 0.29) is 23.7 Å². The number of hydrogen-bond donors (Lipinski definition) is 0. The summed E-state index contributed by atoms with van der Waals surface area (Å²) in [5.41, 5.74) is 0. The Morgan fingerprint density at radius 3 is 2.52 bits per heavy atom. The van der Waals surface area contributed by atoms with E-state index in [0.29, 0.717) is 0 Å². The van der Waals surface area contributed by atoms with Crippen molar-refractivity contribution in [2.45, 2.75) is 39.0 Å². The summed E-state index contributed by atoms with van der Waals surface area (Å²) >= 11 is 0. The molecule has 0 unspecified atom stereocenters. The zero-order valence-electron chi connectivity index (χ0n) is 13.3. The Morgan fingerprint density at radius 1 is 1.05 bits per heavy atom. The summed E-state index contributed by atoms with van der Waals surface area (Å²) in [5, 5.41) is 0. The highest BCUT2D eigenvalue weighted by Crippen LogP contribution is 2.34. The van der Waals surface area contributed by atoms with E-state index in [4.69, 9.17) is 4.74 Å². The van der Waals surface area contributed by atoms with Gasteiger partial charge in [-0.25, -0.2) is 0 Å². The summed E-state index contributed by atoms with van der Waals surface area (Å²) in [6.45, 7) is 6.94. The van der Waals surface area contributed by atoms with Gasteiger partial charge in [0.05, 0.1) is 18.9 Å². The number of carbonyl (C=O) groups excluding carboxylic acids is 2. The van der Waals surface area contributed by atoms with Gasteiger partial charge in [-0.15, -0.1) is 0 Å². The minimum Gasteiger partial charge on any atom is -0.469 e. The van der Waals surface area contributed by atoms with E-state index in [0.717, 1.165) is 64.8 Å². The molecule has 0 aromatic heterocycles. The fourth-order valence-electron chi connectivity index (χ4n) is 3.65. The third-order valence-electron chi connectivity index (χ3n) is 4.78.